The highest BCUT2D eigenvalue weighted by Crippen LogP contribution is 2.25. The Balaban J connectivity index is 2.40. The molecule has 1 saturated heterocycles. The summed E-state index contributed by atoms with van der Waals surface area (Å²) in [7, 11) is -7.34. The number of sulfonamides is 1. The normalized spacial score (nSPS) is 20.2. The van der Waals surface area contributed by atoms with Gasteiger partial charge in [-0.15, -0.1) is 0 Å². The number of rotatable bonds is 4. The molecule has 1 aliphatic rings. The molecule has 0 unspecified atom stereocenters. The number of hydrogen-bond acceptors (Lipinski definition) is 5. The second kappa shape index (κ2) is 5.61. The monoisotopic (exact) mass is 338 g/mol. The molecule has 2 rings (SSSR count). The van der Waals surface area contributed by atoms with Crippen molar-refractivity contribution in [1.82, 2.24) is 10.0 Å². The predicted octanol–water partition coefficient (Wildman–Crippen LogP) is 0.384. The molecule has 0 aliphatic carbocycles. The maximum atomic E-state index is 12.3. The minimum atomic E-state index is -3.84. The Kier molecular flexibility index (Phi) is 4.41. The Hall–Kier alpha value is -0.670. The summed E-state index contributed by atoms with van der Waals surface area (Å²) in [6.07, 6.45) is 1.70. The van der Waals surface area contributed by atoms with Gasteiger partial charge in [0.25, 0.3) is 0 Å². The molecule has 9 heteroatoms. The van der Waals surface area contributed by atoms with E-state index in [9.17, 15) is 16.8 Å². The summed E-state index contributed by atoms with van der Waals surface area (Å²) in [5.41, 5.74) is 0. The largest absolute Gasteiger partial charge is 0.315 e. The van der Waals surface area contributed by atoms with Gasteiger partial charge in [-0.1, -0.05) is 11.6 Å². The molecular formula is C11H15ClN2O4S2. The number of sulfone groups is 1. The van der Waals surface area contributed by atoms with Crippen molar-refractivity contribution in [2.45, 2.75) is 22.3 Å². The van der Waals surface area contributed by atoms with E-state index < -0.39 is 19.9 Å². The Bertz CT molecular complexity index is 710. The van der Waals surface area contributed by atoms with Gasteiger partial charge in [-0.05, 0) is 31.2 Å². The predicted molar refractivity (Wildman–Crippen MR) is 76.2 cm³/mol. The Labute approximate surface area is 123 Å². The standard InChI is InChI=1S/C11H15ClN2O4S2/c1-19(15,16)9-2-3-10(12)11(6-9)20(17,18)14-8-4-5-13-7-8/h2-3,6,8,13-14H,4-5,7H2,1H3/t8-/m1/s1. The van der Waals surface area contributed by atoms with Crippen molar-refractivity contribution in [2.24, 2.45) is 0 Å². The molecule has 0 amide bonds. The summed E-state index contributed by atoms with van der Waals surface area (Å²) in [6, 6.07) is 3.44. The summed E-state index contributed by atoms with van der Waals surface area (Å²) in [5, 5.41) is 3.04. The van der Waals surface area contributed by atoms with Crippen LogP contribution in [-0.2, 0) is 19.9 Å². The molecule has 0 bridgehead atoms. The third kappa shape index (κ3) is 3.50. The SMILES string of the molecule is CS(=O)(=O)c1ccc(Cl)c(S(=O)(=O)N[C@@H]2CCNC2)c1. The highest BCUT2D eigenvalue weighted by molar-refractivity contribution is 7.91. The molecule has 2 N–H and O–H groups in total. The lowest BCUT2D eigenvalue weighted by atomic mass is 10.3. The van der Waals surface area contributed by atoms with Crippen LogP contribution < -0.4 is 10.0 Å². The van der Waals surface area contributed by atoms with Crippen molar-refractivity contribution in [2.75, 3.05) is 19.3 Å². The van der Waals surface area contributed by atoms with Crippen LogP contribution in [0.4, 0.5) is 0 Å². The summed E-state index contributed by atoms with van der Waals surface area (Å²) < 4.78 is 50.1. The van der Waals surface area contributed by atoms with Crippen LogP contribution in [0.3, 0.4) is 0 Å². The van der Waals surface area contributed by atoms with Gasteiger partial charge in [0.15, 0.2) is 9.84 Å². The van der Waals surface area contributed by atoms with E-state index in [1.54, 1.807) is 0 Å². The van der Waals surface area contributed by atoms with Crippen LogP contribution in [0, 0.1) is 0 Å². The van der Waals surface area contributed by atoms with E-state index in [1.165, 1.54) is 12.1 Å². The molecular weight excluding hydrogens is 324 g/mol. The van der Waals surface area contributed by atoms with Crippen molar-refractivity contribution in [1.29, 1.82) is 0 Å². The van der Waals surface area contributed by atoms with Gasteiger partial charge in [0.1, 0.15) is 4.90 Å². The first-order valence-electron chi connectivity index (χ1n) is 5.93. The molecule has 0 radical (unpaired) electrons. The second-order valence-electron chi connectivity index (χ2n) is 4.68. The van der Waals surface area contributed by atoms with Crippen LogP contribution in [-0.4, -0.2) is 42.2 Å². The van der Waals surface area contributed by atoms with E-state index in [0.717, 1.165) is 18.9 Å². The van der Waals surface area contributed by atoms with Gasteiger partial charge in [-0.3, -0.25) is 0 Å². The molecule has 0 spiro atoms. The van der Waals surface area contributed by atoms with Crippen LogP contribution in [0.2, 0.25) is 5.02 Å². The summed E-state index contributed by atoms with van der Waals surface area (Å²) in [6.45, 7) is 1.28. The van der Waals surface area contributed by atoms with Crippen molar-refractivity contribution in [3.8, 4) is 0 Å². The van der Waals surface area contributed by atoms with Crippen LogP contribution in [0.1, 0.15) is 6.42 Å². The smallest absolute Gasteiger partial charge is 0.242 e. The molecule has 112 valence electrons. The number of hydrogen-bond donors (Lipinski definition) is 2. The third-order valence-corrected chi connectivity index (χ3v) is 6.11. The maximum Gasteiger partial charge on any atom is 0.242 e. The zero-order chi connectivity index (χ0) is 15.0. The van der Waals surface area contributed by atoms with Crippen LogP contribution >= 0.6 is 11.6 Å². The van der Waals surface area contributed by atoms with E-state index in [2.05, 4.69) is 10.0 Å². The van der Waals surface area contributed by atoms with Crippen molar-refractivity contribution in [3.63, 3.8) is 0 Å². The fourth-order valence-corrected chi connectivity index (χ4v) is 4.48. The minimum absolute atomic E-state index is 0.00384. The molecule has 20 heavy (non-hydrogen) atoms. The van der Waals surface area contributed by atoms with Crippen molar-refractivity contribution >= 4 is 31.5 Å². The van der Waals surface area contributed by atoms with Gasteiger partial charge in [-0.2, -0.15) is 0 Å². The van der Waals surface area contributed by atoms with Gasteiger partial charge in [0.05, 0.1) is 9.92 Å². The maximum absolute atomic E-state index is 12.3. The number of benzene rings is 1. The van der Waals surface area contributed by atoms with Crippen LogP contribution in [0.15, 0.2) is 28.0 Å². The van der Waals surface area contributed by atoms with Crippen molar-refractivity contribution < 1.29 is 16.8 Å². The molecule has 1 fully saturated rings. The molecule has 0 saturated carbocycles. The fraction of sp³-hybridized carbons (Fsp3) is 0.455. The first-order chi connectivity index (χ1) is 9.20. The fourth-order valence-electron chi connectivity index (χ4n) is 1.96. The lowest BCUT2D eigenvalue weighted by Crippen LogP contribution is -2.36. The molecule has 1 aliphatic heterocycles. The topological polar surface area (TPSA) is 92.3 Å². The Morgan fingerprint density at radius 1 is 1.30 bits per heavy atom. The highest BCUT2D eigenvalue weighted by atomic mass is 35.5. The molecule has 0 aromatic heterocycles. The lowest BCUT2D eigenvalue weighted by molar-refractivity contribution is 0.560. The van der Waals surface area contributed by atoms with E-state index in [4.69, 9.17) is 11.6 Å². The first-order valence-corrected chi connectivity index (χ1v) is 9.68. The van der Waals surface area contributed by atoms with Gasteiger partial charge < -0.3 is 5.32 Å². The lowest BCUT2D eigenvalue weighted by Gasteiger charge is -2.13. The van der Waals surface area contributed by atoms with Gasteiger partial charge >= 0.3 is 0 Å². The molecule has 1 aromatic carbocycles. The summed E-state index contributed by atoms with van der Waals surface area (Å²) >= 11 is 5.89. The van der Waals surface area contributed by atoms with Gasteiger partial charge in [0, 0.05) is 18.8 Å². The quantitative estimate of drug-likeness (QED) is 0.828. The number of nitrogens with one attached hydrogen (secondary N) is 2. The number of halogens is 1. The molecule has 1 heterocycles. The van der Waals surface area contributed by atoms with E-state index in [1.807, 2.05) is 0 Å². The Morgan fingerprint density at radius 3 is 2.55 bits per heavy atom. The van der Waals surface area contributed by atoms with Gasteiger partial charge in [0.2, 0.25) is 10.0 Å². The van der Waals surface area contributed by atoms with Crippen LogP contribution in [0.5, 0.6) is 0 Å². The van der Waals surface area contributed by atoms with E-state index in [-0.39, 0.29) is 20.9 Å². The summed E-state index contributed by atoms with van der Waals surface area (Å²) in [4.78, 5) is -0.291. The highest BCUT2D eigenvalue weighted by Gasteiger charge is 2.25. The minimum Gasteiger partial charge on any atom is -0.315 e. The second-order valence-corrected chi connectivity index (χ2v) is 8.78. The van der Waals surface area contributed by atoms with Crippen molar-refractivity contribution in [3.05, 3.63) is 23.2 Å². The Morgan fingerprint density at radius 2 is 2.00 bits per heavy atom. The van der Waals surface area contributed by atoms with Crippen LogP contribution in [0.25, 0.3) is 0 Å². The van der Waals surface area contributed by atoms with Gasteiger partial charge in [-0.25, -0.2) is 21.6 Å². The average Bonchev–Trinajstić information content (AvgIpc) is 2.79. The zero-order valence-corrected chi connectivity index (χ0v) is 13.1. The van der Waals surface area contributed by atoms with E-state index in [0.29, 0.717) is 13.0 Å². The summed E-state index contributed by atoms with van der Waals surface area (Å²) in [5.74, 6) is 0. The zero-order valence-electron chi connectivity index (χ0n) is 10.8. The van der Waals surface area contributed by atoms with E-state index >= 15 is 0 Å². The third-order valence-electron chi connectivity index (χ3n) is 3.00. The molecule has 6 nitrogen and oxygen atoms in total. The average molecular weight is 339 g/mol. The molecule has 1 atom stereocenters. The molecule has 1 aromatic rings. The first kappa shape index (κ1) is 15.7.